The van der Waals surface area contributed by atoms with Crippen LogP contribution in [0.4, 0.5) is 23.7 Å². The number of alkyl halides is 3. The van der Waals surface area contributed by atoms with E-state index in [0.29, 0.717) is 36.5 Å². The molecule has 0 saturated carbocycles. The molecule has 0 spiro atoms. The summed E-state index contributed by atoms with van der Waals surface area (Å²) < 4.78 is 44.5. The fraction of sp³-hybridized carbons (Fsp3) is 0.292. The highest BCUT2D eigenvalue weighted by molar-refractivity contribution is 5.97. The number of amides is 3. The summed E-state index contributed by atoms with van der Waals surface area (Å²) in [6.07, 6.45) is -1.99. The lowest BCUT2D eigenvalue weighted by Gasteiger charge is -2.24. The molecule has 1 unspecified atom stereocenters. The molecule has 35 heavy (non-hydrogen) atoms. The first-order valence-corrected chi connectivity index (χ1v) is 11.0. The number of anilines is 1. The van der Waals surface area contributed by atoms with Gasteiger partial charge in [-0.2, -0.15) is 18.3 Å². The third-order valence-corrected chi connectivity index (χ3v) is 5.70. The van der Waals surface area contributed by atoms with E-state index in [1.54, 1.807) is 55.6 Å². The van der Waals surface area contributed by atoms with Crippen LogP contribution in [-0.2, 0) is 17.5 Å². The number of benzene rings is 2. The van der Waals surface area contributed by atoms with Gasteiger partial charge >= 0.3 is 12.2 Å². The SMILES string of the molecule is COc1ccc(NC(=O)C2CCCN2C(=O)NCc2ccc(-n3ccc(C(F)(F)F)n3)cc2)cc1. The fourth-order valence-corrected chi connectivity index (χ4v) is 3.85. The summed E-state index contributed by atoms with van der Waals surface area (Å²) in [4.78, 5) is 27.0. The molecule has 8 nitrogen and oxygen atoms in total. The number of carbonyl (C=O) groups is 2. The zero-order valence-electron chi connectivity index (χ0n) is 18.9. The van der Waals surface area contributed by atoms with Gasteiger partial charge in [-0.15, -0.1) is 0 Å². The van der Waals surface area contributed by atoms with Crippen LogP contribution in [0, 0.1) is 0 Å². The van der Waals surface area contributed by atoms with E-state index in [1.165, 1.54) is 11.1 Å². The molecule has 11 heteroatoms. The molecule has 1 aliphatic heterocycles. The highest BCUT2D eigenvalue weighted by Crippen LogP contribution is 2.28. The summed E-state index contributed by atoms with van der Waals surface area (Å²) >= 11 is 0. The molecule has 2 N–H and O–H groups in total. The summed E-state index contributed by atoms with van der Waals surface area (Å²) in [6, 6.07) is 13.5. The predicted octanol–water partition coefficient (Wildman–Crippen LogP) is 4.21. The normalized spacial score (nSPS) is 15.7. The second-order valence-corrected chi connectivity index (χ2v) is 8.04. The Bertz CT molecular complexity index is 1180. The molecule has 1 aromatic heterocycles. The average molecular weight is 487 g/mol. The number of carbonyl (C=O) groups excluding carboxylic acids is 2. The molecule has 2 heterocycles. The Kier molecular flexibility index (Phi) is 6.94. The lowest BCUT2D eigenvalue weighted by atomic mass is 10.2. The maximum absolute atomic E-state index is 12.8. The monoisotopic (exact) mass is 487 g/mol. The number of urea groups is 1. The summed E-state index contributed by atoms with van der Waals surface area (Å²) in [6.45, 7) is 0.668. The van der Waals surface area contributed by atoms with Crippen molar-refractivity contribution < 1.29 is 27.5 Å². The number of hydrogen-bond acceptors (Lipinski definition) is 4. The number of rotatable bonds is 6. The summed E-state index contributed by atoms with van der Waals surface area (Å²) in [7, 11) is 1.56. The highest BCUT2D eigenvalue weighted by Gasteiger charge is 2.34. The number of methoxy groups -OCH3 is 1. The Hall–Kier alpha value is -4.02. The van der Waals surface area contributed by atoms with Gasteiger partial charge in [0.1, 0.15) is 11.8 Å². The van der Waals surface area contributed by atoms with Gasteiger partial charge in [0, 0.05) is 25.0 Å². The third-order valence-electron chi connectivity index (χ3n) is 5.70. The van der Waals surface area contributed by atoms with Gasteiger partial charge in [-0.1, -0.05) is 12.1 Å². The van der Waals surface area contributed by atoms with E-state index in [-0.39, 0.29) is 18.5 Å². The van der Waals surface area contributed by atoms with Crippen LogP contribution in [0.25, 0.3) is 5.69 Å². The molecule has 0 aliphatic carbocycles. The van der Waals surface area contributed by atoms with Crippen molar-refractivity contribution in [3.8, 4) is 11.4 Å². The first-order valence-electron chi connectivity index (χ1n) is 11.0. The van der Waals surface area contributed by atoms with E-state index < -0.39 is 17.9 Å². The first-order chi connectivity index (χ1) is 16.7. The second-order valence-electron chi connectivity index (χ2n) is 8.04. The predicted molar refractivity (Wildman–Crippen MR) is 122 cm³/mol. The fourth-order valence-electron chi connectivity index (χ4n) is 3.85. The van der Waals surface area contributed by atoms with Crippen molar-refractivity contribution in [2.45, 2.75) is 31.6 Å². The van der Waals surface area contributed by atoms with E-state index in [0.717, 1.165) is 16.3 Å². The third kappa shape index (κ3) is 5.73. The maximum Gasteiger partial charge on any atom is 0.435 e. The van der Waals surface area contributed by atoms with Gasteiger partial charge < -0.3 is 20.3 Å². The molecular weight excluding hydrogens is 463 g/mol. The quantitative estimate of drug-likeness (QED) is 0.545. The van der Waals surface area contributed by atoms with Gasteiger partial charge in [-0.05, 0) is 60.9 Å². The van der Waals surface area contributed by atoms with E-state index in [4.69, 9.17) is 4.74 Å². The van der Waals surface area contributed by atoms with Crippen LogP contribution in [-0.4, -0.2) is 46.3 Å². The Balaban J connectivity index is 1.32. The molecule has 1 aliphatic rings. The Morgan fingerprint density at radius 1 is 1.09 bits per heavy atom. The van der Waals surface area contributed by atoms with Crippen molar-refractivity contribution in [1.82, 2.24) is 20.0 Å². The molecule has 184 valence electrons. The molecule has 1 fully saturated rings. The zero-order valence-corrected chi connectivity index (χ0v) is 18.9. The Labute approximate surface area is 199 Å². The largest absolute Gasteiger partial charge is 0.497 e. The van der Waals surface area contributed by atoms with E-state index in [2.05, 4.69) is 15.7 Å². The molecule has 3 aromatic rings. The summed E-state index contributed by atoms with van der Waals surface area (Å²) in [5, 5.41) is 9.18. The average Bonchev–Trinajstić information content (AvgIpc) is 3.54. The molecular formula is C24H24F3N5O3. The van der Waals surface area contributed by atoms with Crippen molar-refractivity contribution in [3.05, 3.63) is 72.1 Å². The van der Waals surface area contributed by atoms with Crippen LogP contribution in [0.5, 0.6) is 5.75 Å². The number of aromatic nitrogens is 2. The smallest absolute Gasteiger partial charge is 0.435 e. The molecule has 1 atom stereocenters. The molecule has 4 rings (SSSR count). The van der Waals surface area contributed by atoms with Crippen molar-refractivity contribution in [2.75, 3.05) is 19.0 Å². The standard InChI is InChI=1S/C24H24F3N5O3/c1-35-19-10-6-17(7-11-19)29-22(33)20-3-2-13-31(20)23(34)28-15-16-4-8-18(9-5-16)32-14-12-21(30-32)24(25,26)27/h4-12,14,20H,2-3,13,15H2,1H3,(H,28,34)(H,29,33). The number of nitrogens with zero attached hydrogens (tertiary/aromatic N) is 3. The highest BCUT2D eigenvalue weighted by atomic mass is 19.4. The number of ether oxygens (including phenoxy) is 1. The van der Waals surface area contributed by atoms with E-state index >= 15 is 0 Å². The number of likely N-dealkylation sites (tertiary alicyclic amines) is 1. The first kappa shape index (κ1) is 24.1. The van der Waals surface area contributed by atoms with Gasteiger partial charge in [-0.25, -0.2) is 9.48 Å². The number of halogens is 3. The Morgan fingerprint density at radius 2 is 1.80 bits per heavy atom. The molecule has 3 amide bonds. The van der Waals surface area contributed by atoms with Crippen molar-refractivity contribution >= 4 is 17.6 Å². The van der Waals surface area contributed by atoms with Crippen LogP contribution >= 0.6 is 0 Å². The topological polar surface area (TPSA) is 88.5 Å². The lowest BCUT2D eigenvalue weighted by Crippen LogP contribution is -2.47. The van der Waals surface area contributed by atoms with Crippen LogP contribution in [0.2, 0.25) is 0 Å². The summed E-state index contributed by atoms with van der Waals surface area (Å²) in [5.41, 5.74) is 0.863. The summed E-state index contributed by atoms with van der Waals surface area (Å²) in [5.74, 6) is 0.415. The molecule has 1 saturated heterocycles. The number of nitrogens with one attached hydrogen (secondary N) is 2. The van der Waals surface area contributed by atoms with Crippen LogP contribution < -0.4 is 15.4 Å². The zero-order chi connectivity index (χ0) is 25.0. The van der Waals surface area contributed by atoms with Crippen LogP contribution in [0.1, 0.15) is 24.1 Å². The van der Waals surface area contributed by atoms with E-state index in [1.807, 2.05) is 0 Å². The van der Waals surface area contributed by atoms with Crippen molar-refractivity contribution in [3.63, 3.8) is 0 Å². The van der Waals surface area contributed by atoms with Gasteiger partial charge in [-0.3, -0.25) is 4.79 Å². The van der Waals surface area contributed by atoms with Crippen LogP contribution in [0.15, 0.2) is 60.8 Å². The van der Waals surface area contributed by atoms with Gasteiger partial charge in [0.2, 0.25) is 5.91 Å². The molecule has 2 aromatic carbocycles. The minimum atomic E-state index is -4.51. The van der Waals surface area contributed by atoms with Crippen LogP contribution in [0.3, 0.4) is 0 Å². The Morgan fingerprint density at radius 3 is 2.43 bits per heavy atom. The van der Waals surface area contributed by atoms with Crippen molar-refractivity contribution in [2.24, 2.45) is 0 Å². The minimum absolute atomic E-state index is 0.204. The lowest BCUT2D eigenvalue weighted by molar-refractivity contribution is -0.141. The van der Waals surface area contributed by atoms with Crippen molar-refractivity contribution in [1.29, 1.82) is 0 Å². The van der Waals surface area contributed by atoms with Gasteiger partial charge in [0.05, 0.1) is 12.8 Å². The van der Waals surface area contributed by atoms with Gasteiger partial charge in [0.15, 0.2) is 5.69 Å². The maximum atomic E-state index is 12.8. The number of hydrogen-bond donors (Lipinski definition) is 2. The van der Waals surface area contributed by atoms with Gasteiger partial charge in [0.25, 0.3) is 0 Å². The minimum Gasteiger partial charge on any atom is -0.497 e. The molecule has 0 bridgehead atoms. The second kappa shape index (κ2) is 10.1. The molecule has 0 radical (unpaired) electrons. The van der Waals surface area contributed by atoms with E-state index in [9.17, 15) is 22.8 Å².